The van der Waals surface area contributed by atoms with E-state index in [4.69, 9.17) is 11.0 Å². The topological polar surface area (TPSA) is 96.0 Å². The van der Waals surface area contributed by atoms with Gasteiger partial charge >= 0.3 is 0 Å². The van der Waals surface area contributed by atoms with Crippen LogP contribution in [0.4, 0.5) is 0 Å². The van der Waals surface area contributed by atoms with Crippen molar-refractivity contribution >= 4 is 10.0 Å². The Labute approximate surface area is 94.9 Å². The molecular formula is C10H13N3O2S. The standard InChI is InChI=1S/C10H13N3O2S/c11-4-5-13-16(14,15)8-10-3-1-2-9(6-10)7-12/h1-3,6,13H,4-5,8,11H2. The first-order chi connectivity index (χ1) is 7.57. The molecule has 0 fully saturated rings. The Balaban J connectivity index is 2.77. The van der Waals surface area contributed by atoms with E-state index < -0.39 is 10.0 Å². The molecule has 5 nitrogen and oxygen atoms in total. The van der Waals surface area contributed by atoms with Gasteiger partial charge in [-0.1, -0.05) is 12.1 Å². The summed E-state index contributed by atoms with van der Waals surface area (Å²) in [5.41, 5.74) is 6.24. The van der Waals surface area contributed by atoms with Crippen molar-refractivity contribution in [1.29, 1.82) is 5.26 Å². The number of sulfonamides is 1. The molecule has 0 aromatic heterocycles. The summed E-state index contributed by atoms with van der Waals surface area (Å²) in [6, 6.07) is 8.47. The zero-order chi connectivity index (χ0) is 12.0. The average molecular weight is 239 g/mol. The van der Waals surface area contributed by atoms with Crippen LogP contribution >= 0.6 is 0 Å². The van der Waals surface area contributed by atoms with Gasteiger partial charge in [-0.05, 0) is 17.7 Å². The Morgan fingerprint density at radius 3 is 2.81 bits per heavy atom. The summed E-state index contributed by atoms with van der Waals surface area (Å²) in [4.78, 5) is 0. The molecule has 1 aromatic carbocycles. The fourth-order valence-corrected chi connectivity index (χ4v) is 2.36. The van der Waals surface area contributed by atoms with E-state index in [-0.39, 0.29) is 18.8 Å². The highest BCUT2D eigenvalue weighted by Gasteiger charge is 2.10. The third-order valence-electron chi connectivity index (χ3n) is 1.88. The van der Waals surface area contributed by atoms with Crippen LogP contribution < -0.4 is 10.5 Å². The van der Waals surface area contributed by atoms with Crippen LogP contribution in [0.3, 0.4) is 0 Å². The molecule has 0 saturated heterocycles. The van der Waals surface area contributed by atoms with Gasteiger partial charge in [0.1, 0.15) is 0 Å². The lowest BCUT2D eigenvalue weighted by molar-refractivity contribution is 0.581. The van der Waals surface area contributed by atoms with Gasteiger partial charge in [0.15, 0.2) is 0 Å². The highest BCUT2D eigenvalue weighted by molar-refractivity contribution is 7.88. The van der Waals surface area contributed by atoms with E-state index in [0.29, 0.717) is 11.1 Å². The molecule has 86 valence electrons. The van der Waals surface area contributed by atoms with Crippen LogP contribution in [0.1, 0.15) is 11.1 Å². The van der Waals surface area contributed by atoms with Gasteiger partial charge in [0.2, 0.25) is 10.0 Å². The van der Waals surface area contributed by atoms with E-state index in [1.54, 1.807) is 24.3 Å². The number of hydrogen-bond acceptors (Lipinski definition) is 4. The Kier molecular flexibility index (Phi) is 4.43. The van der Waals surface area contributed by atoms with Gasteiger partial charge in [0.05, 0.1) is 17.4 Å². The van der Waals surface area contributed by atoms with E-state index in [1.807, 2.05) is 6.07 Å². The molecule has 1 rings (SSSR count). The minimum atomic E-state index is -3.36. The molecule has 0 spiro atoms. The van der Waals surface area contributed by atoms with Crippen LogP contribution in [0.5, 0.6) is 0 Å². The molecule has 0 atom stereocenters. The summed E-state index contributed by atoms with van der Waals surface area (Å²) in [6.45, 7) is 0.484. The summed E-state index contributed by atoms with van der Waals surface area (Å²) < 4.78 is 25.4. The predicted molar refractivity (Wildman–Crippen MR) is 60.8 cm³/mol. The van der Waals surface area contributed by atoms with Gasteiger partial charge in [-0.15, -0.1) is 0 Å². The summed E-state index contributed by atoms with van der Waals surface area (Å²) in [5.74, 6) is -0.136. The highest BCUT2D eigenvalue weighted by atomic mass is 32.2. The van der Waals surface area contributed by atoms with Crippen molar-refractivity contribution in [1.82, 2.24) is 4.72 Å². The van der Waals surface area contributed by atoms with E-state index in [9.17, 15) is 8.42 Å². The predicted octanol–water partition coefficient (Wildman–Crippen LogP) is -0.0636. The van der Waals surface area contributed by atoms with E-state index in [2.05, 4.69) is 4.72 Å². The maximum absolute atomic E-state index is 11.5. The summed E-state index contributed by atoms with van der Waals surface area (Å²) >= 11 is 0. The first-order valence-corrected chi connectivity index (χ1v) is 6.39. The fraction of sp³-hybridized carbons (Fsp3) is 0.300. The Morgan fingerprint density at radius 1 is 1.44 bits per heavy atom. The number of rotatable bonds is 5. The molecule has 1 aromatic rings. The third kappa shape index (κ3) is 3.98. The molecule has 0 heterocycles. The SMILES string of the molecule is N#Cc1cccc(CS(=O)(=O)NCCN)c1. The maximum atomic E-state index is 11.5. The van der Waals surface area contributed by atoms with Gasteiger partial charge in [-0.2, -0.15) is 5.26 Å². The second kappa shape index (κ2) is 5.61. The van der Waals surface area contributed by atoms with Crippen molar-refractivity contribution in [2.45, 2.75) is 5.75 Å². The van der Waals surface area contributed by atoms with Gasteiger partial charge in [0, 0.05) is 13.1 Å². The number of nitrogens with zero attached hydrogens (tertiary/aromatic N) is 1. The van der Waals surface area contributed by atoms with Crippen LogP contribution in [-0.2, 0) is 15.8 Å². The Morgan fingerprint density at radius 2 is 2.19 bits per heavy atom. The van der Waals surface area contributed by atoms with Crippen molar-refractivity contribution < 1.29 is 8.42 Å². The molecule has 3 N–H and O–H groups in total. The van der Waals surface area contributed by atoms with Crippen LogP contribution in [0.25, 0.3) is 0 Å². The first kappa shape index (κ1) is 12.6. The van der Waals surface area contributed by atoms with Crippen molar-refractivity contribution in [2.75, 3.05) is 13.1 Å². The second-order valence-corrected chi connectivity index (χ2v) is 5.06. The van der Waals surface area contributed by atoms with Gasteiger partial charge in [-0.25, -0.2) is 13.1 Å². The Bertz CT molecular complexity index is 491. The van der Waals surface area contributed by atoms with E-state index in [0.717, 1.165) is 0 Å². The van der Waals surface area contributed by atoms with Crippen LogP contribution in [0.2, 0.25) is 0 Å². The number of benzene rings is 1. The largest absolute Gasteiger partial charge is 0.329 e. The lowest BCUT2D eigenvalue weighted by atomic mass is 10.2. The van der Waals surface area contributed by atoms with E-state index >= 15 is 0 Å². The third-order valence-corrected chi connectivity index (χ3v) is 3.24. The van der Waals surface area contributed by atoms with Crippen LogP contribution in [-0.4, -0.2) is 21.5 Å². The quantitative estimate of drug-likeness (QED) is 0.752. The number of hydrogen-bond donors (Lipinski definition) is 2. The molecule has 0 saturated carbocycles. The summed E-state index contributed by atoms with van der Waals surface area (Å²) in [5, 5.41) is 8.67. The fourth-order valence-electron chi connectivity index (χ4n) is 1.22. The maximum Gasteiger partial charge on any atom is 0.215 e. The number of nitrogens with two attached hydrogens (primary N) is 1. The monoisotopic (exact) mass is 239 g/mol. The normalized spacial score (nSPS) is 11.0. The van der Waals surface area contributed by atoms with Crippen molar-refractivity contribution in [2.24, 2.45) is 5.73 Å². The zero-order valence-corrected chi connectivity index (χ0v) is 9.50. The molecule has 0 aliphatic carbocycles. The minimum absolute atomic E-state index is 0.136. The molecule has 0 radical (unpaired) electrons. The molecule has 0 aliphatic heterocycles. The van der Waals surface area contributed by atoms with Gasteiger partial charge in [0.25, 0.3) is 0 Å². The van der Waals surface area contributed by atoms with Crippen LogP contribution in [0.15, 0.2) is 24.3 Å². The zero-order valence-electron chi connectivity index (χ0n) is 8.68. The molecule has 0 unspecified atom stereocenters. The molecular weight excluding hydrogens is 226 g/mol. The number of nitrogens with one attached hydrogen (secondary N) is 1. The van der Waals surface area contributed by atoms with Crippen molar-refractivity contribution in [3.63, 3.8) is 0 Å². The lowest BCUT2D eigenvalue weighted by Gasteiger charge is -2.05. The van der Waals surface area contributed by atoms with Crippen molar-refractivity contribution in [3.8, 4) is 6.07 Å². The molecule has 0 bridgehead atoms. The lowest BCUT2D eigenvalue weighted by Crippen LogP contribution is -2.30. The second-order valence-electron chi connectivity index (χ2n) is 3.25. The smallest absolute Gasteiger partial charge is 0.215 e. The summed E-state index contributed by atoms with van der Waals surface area (Å²) in [7, 11) is -3.36. The average Bonchev–Trinajstić information content (AvgIpc) is 2.26. The molecule has 0 aliphatic rings. The summed E-state index contributed by atoms with van der Waals surface area (Å²) in [6.07, 6.45) is 0. The number of nitriles is 1. The Hall–Kier alpha value is -1.42. The first-order valence-electron chi connectivity index (χ1n) is 4.74. The highest BCUT2D eigenvalue weighted by Crippen LogP contribution is 2.07. The van der Waals surface area contributed by atoms with E-state index in [1.165, 1.54) is 0 Å². The van der Waals surface area contributed by atoms with Crippen LogP contribution in [0, 0.1) is 11.3 Å². The molecule has 16 heavy (non-hydrogen) atoms. The molecule has 6 heteroatoms. The van der Waals surface area contributed by atoms with Crippen molar-refractivity contribution in [3.05, 3.63) is 35.4 Å². The molecule has 0 amide bonds. The van der Waals surface area contributed by atoms with Gasteiger partial charge in [-0.3, -0.25) is 0 Å². The van der Waals surface area contributed by atoms with Gasteiger partial charge < -0.3 is 5.73 Å². The minimum Gasteiger partial charge on any atom is -0.329 e.